The maximum atomic E-state index is 11.6. The highest BCUT2D eigenvalue weighted by Crippen LogP contribution is 2.36. The van der Waals surface area contributed by atoms with Crippen LogP contribution in [0.3, 0.4) is 0 Å². The Hall–Kier alpha value is -2.17. The number of nitro groups is 1. The maximum absolute atomic E-state index is 11.6. The summed E-state index contributed by atoms with van der Waals surface area (Å²) >= 11 is 0. The molecule has 5 nitrogen and oxygen atoms in total. The van der Waals surface area contributed by atoms with E-state index in [9.17, 15) is 14.9 Å². The summed E-state index contributed by atoms with van der Waals surface area (Å²) in [7, 11) is 0. The van der Waals surface area contributed by atoms with Crippen LogP contribution in [-0.4, -0.2) is 10.9 Å². The second-order valence-electron chi connectivity index (χ2n) is 5.26. The number of hydrogen-bond donors (Lipinski definition) is 0. The molecule has 0 saturated heterocycles. The monoisotopic (exact) mass is 305 g/mol. The van der Waals surface area contributed by atoms with Crippen LogP contribution < -0.4 is 4.74 Å². The van der Waals surface area contributed by atoms with Gasteiger partial charge in [-0.05, 0) is 43.7 Å². The van der Waals surface area contributed by atoms with Crippen molar-refractivity contribution in [2.24, 2.45) is 0 Å². The lowest BCUT2D eigenvalue weighted by Gasteiger charge is -2.16. The van der Waals surface area contributed by atoms with Gasteiger partial charge in [0.2, 0.25) is 5.75 Å². The summed E-state index contributed by atoms with van der Waals surface area (Å²) in [6.07, 6.45) is 5.69. The van der Waals surface area contributed by atoms with Crippen LogP contribution in [0.1, 0.15) is 57.1 Å². The summed E-state index contributed by atoms with van der Waals surface area (Å²) in [6.45, 7) is 7.58. The Morgan fingerprint density at radius 2 is 2.09 bits per heavy atom. The number of ether oxygens (including phenoxy) is 1. The average molecular weight is 305 g/mol. The molecule has 5 heteroatoms. The SMILES string of the molecule is C/C=C/C(=O)Oc1c(C)cc(C(CC)CCC)cc1[N+](=O)[O-]. The molecule has 0 aromatic heterocycles. The molecule has 1 aromatic rings. The number of nitrogens with zero attached hydrogens (tertiary/aromatic N) is 1. The second kappa shape index (κ2) is 8.32. The zero-order valence-electron chi connectivity index (χ0n) is 13.6. The van der Waals surface area contributed by atoms with E-state index in [2.05, 4.69) is 13.8 Å². The normalized spacial score (nSPS) is 12.4. The Kier molecular flexibility index (Phi) is 6.76. The Morgan fingerprint density at radius 1 is 1.41 bits per heavy atom. The molecule has 1 atom stereocenters. The van der Waals surface area contributed by atoms with Gasteiger partial charge in [-0.25, -0.2) is 4.79 Å². The van der Waals surface area contributed by atoms with Gasteiger partial charge in [0, 0.05) is 12.1 Å². The molecule has 0 bridgehead atoms. The van der Waals surface area contributed by atoms with E-state index in [1.165, 1.54) is 18.2 Å². The fourth-order valence-electron chi connectivity index (χ4n) is 2.51. The number of esters is 1. The largest absolute Gasteiger partial charge is 0.416 e. The first-order valence-corrected chi connectivity index (χ1v) is 7.57. The van der Waals surface area contributed by atoms with Crippen LogP contribution in [0.25, 0.3) is 0 Å². The molecular weight excluding hydrogens is 282 g/mol. The maximum Gasteiger partial charge on any atom is 0.336 e. The number of carbonyl (C=O) groups excluding carboxylic acids is 1. The predicted molar refractivity (Wildman–Crippen MR) is 86.2 cm³/mol. The fourth-order valence-corrected chi connectivity index (χ4v) is 2.51. The number of carbonyl (C=O) groups is 1. The number of aryl methyl sites for hydroxylation is 1. The third kappa shape index (κ3) is 4.41. The summed E-state index contributed by atoms with van der Waals surface area (Å²) < 4.78 is 5.14. The molecule has 0 aliphatic heterocycles. The molecular formula is C17H23NO4. The van der Waals surface area contributed by atoms with E-state index in [0.717, 1.165) is 24.8 Å². The highest BCUT2D eigenvalue weighted by atomic mass is 16.6. The molecule has 0 heterocycles. The molecule has 0 fully saturated rings. The van der Waals surface area contributed by atoms with Crippen molar-refractivity contribution in [3.8, 4) is 5.75 Å². The zero-order valence-corrected chi connectivity index (χ0v) is 13.6. The molecule has 0 aliphatic carbocycles. The summed E-state index contributed by atoms with van der Waals surface area (Å²) in [4.78, 5) is 22.4. The molecule has 0 aliphatic rings. The molecule has 0 amide bonds. The second-order valence-corrected chi connectivity index (χ2v) is 5.26. The lowest BCUT2D eigenvalue weighted by Crippen LogP contribution is -2.08. The number of rotatable bonds is 7. The van der Waals surface area contributed by atoms with Gasteiger partial charge in [0.15, 0.2) is 0 Å². The number of allylic oxidation sites excluding steroid dienone is 1. The van der Waals surface area contributed by atoms with Crippen LogP contribution in [0.5, 0.6) is 5.75 Å². The molecule has 0 saturated carbocycles. The van der Waals surface area contributed by atoms with Crippen LogP contribution in [0.15, 0.2) is 24.3 Å². The summed E-state index contributed by atoms with van der Waals surface area (Å²) in [5.41, 5.74) is 1.39. The van der Waals surface area contributed by atoms with E-state index >= 15 is 0 Å². The van der Waals surface area contributed by atoms with E-state index in [0.29, 0.717) is 5.56 Å². The van der Waals surface area contributed by atoms with Gasteiger partial charge in [0.25, 0.3) is 0 Å². The fraction of sp³-hybridized carbons (Fsp3) is 0.471. The lowest BCUT2D eigenvalue weighted by atomic mass is 9.90. The highest BCUT2D eigenvalue weighted by molar-refractivity contribution is 5.85. The molecule has 1 rings (SSSR count). The van der Waals surface area contributed by atoms with Crippen molar-refractivity contribution in [2.75, 3.05) is 0 Å². The first kappa shape index (κ1) is 17.9. The van der Waals surface area contributed by atoms with Crippen LogP contribution >= 0.6 is 0 Å². The molecule has 0 radical (unpaired) electrons. The summed E-state index contributed by atoms with van der Waals surface area (Å²) in [5.74, 6) is -0.298. The number of hydrogen-bond acceptors (Lipinski definition) is 4. The Balaban J connectivity index is 3.29. The van der Waals surface area contributed by atoms with Crippen molar-refractivity contribution >= 4 is 11.7 Å². The van der Waals surface area contributed by atoms with Gasteiger partial charge >= 0.3 is 11.7 Å². The third-order valence-corrected chi connectivity index (χ3v) is 3.58. The van der Waals surface area contributed by atoms with E-state index in [1.807, 2.05) is 6.07 Å². The van der Waals surface area contributed by atoms with Crippen LogP contribution in [-0.2, 0) is 4.79 Å². The van der Waals surface area contributed by atoms with Crippen LogP contribution in [0.2, 0.25) is 0 Å². The smallest absolute Gasteiger partial charge is 0.336 e. The highest BCUT2D eigenvalue weighted by Gasteiger charge is 2.23. The van der Waals surface area contributed by atoms with Crippen molar-refractivity contribution < 1.29 is 14.5 Å². The molecule has 0 N–H and O–H groups in total. The van der Waals surface area contributed by atoms with E-state index in [4.69, 9.17) is 4.74 Å². The lowest BCUT2D eigenvalue weighted by molar-refractivity contribution is -0.385. The molecule has 0 spiro atoms. The minimum Gasteiger partial charge on any atom is -0.416 e. The Morgan fingerprint density at radius 3 is 2.59 bits per heavy atom. The predicted octanol–water partition coefficient (Wildman–Crippen LogP) is 4.68. The molecule has 120 valence electrons. The number of nitro benzene ring substituents is 1. The van der Waals surface area contributed by atoms with Gasteiger partial charge in [-0.1, -0.05) is 32.4 Å². The Labute approximate surface area is 131 Å². The van der Waals surface area contributed by atoms with Crippen LogP contribution in [0, 0.1) is 17.0 Å². The first-order valence-electron chi connectivity index (χ1n) is 7.57. The Bertz CT molecular complexity index is 578. The van der Waals surface area contributed by atoms with E-state index in [-0.39, 0.29) is 17.4 Å². The number of benzene rings is 1. The third-order valence-electron chi connectivity index (χ3n) is 3.58. The summed E-state index contributed by atoms with van der Waals surface area (Å²) in [6, 6.07) is 3.42. The van der Waals surface area contributed by atoms with Gasteiger partial charge < -0.3 is 4.74 Å². The van der Waals surface area contributed by atoms with Gasteiger partial charge in [-0.3, -0.25) is 10.1 Å². The summed E-state index contributed by atoms with van der Waals surface area (Å²) in [5, 5.41) is 11.3. The quantitative estimate of drug-likeness (QED) is 0.241. The van der Waals surface area contributed by atoms with Gasteiger partial charge in [0.1, 0.15) is 0 Å². The molecule has 22 heavy (non-hydrogen) atoms. The van der Waals surface area contributed by atoms with Crippen molar-refractivity contribution in [1.82, 2.24) is 0 Å². The van der Waals surface area contributed by atoms with Crippen molar-refractivity contribution in [2.45, 2.75) is 52.9 Å². The van der Waals surface area contributed by atoms with Gasteiger partial charge in [-0.15, -0.1) is 0 Å². The van der Waals surface area contributed by atoms with Crippen molar-refractivity contribution in [3.63, 3.8) is 0 Å². The minimum absolute atomic E-state index is 0.0307. The average Bonchev–Trinajstić information content (AvgIpc) is 2.46. The van der Waals surface area contributed by atoms with E-state index in [1.54, 1.807) is 13.8 Å². The van der Waals surface area contributed by atoms with Crippen LogP contribution in [0.4, 0.5) is 5.69 Å². The minimum atomic E-state index is -0.609. The molecule has 1 aromatic carbocycles. The van der Waals surface area contributed by atoms with Crippen molar-refractivity contribution in [1.29, 1.82) is 0 Å². The van der Waals surface area contributed by atoms with E-state index < -0.39 is 10.9 Å². The molecule has 1 unspecified atom stereocenters. The topological polar surface area (TPSA) is 69.4 Å². The standard InChI is InChI=1S/C17H23NO4/c1-5-8-13(7-3)14-10-12(4)17(15(11-14)18(20)21)22-16(19)9-6-2/h6,9-11,13H,5,7-8H2,1-4H3/b9-6+. The van der Waals surface area contributed by atoms with Crippen molar-refractivity contribution in [3.05, 3.63) is 45.5 Å². The zero-order chi connectivity index (χ0) is 16.7. The first-order chi connectivity index (χ1) is 10.4. The van der Waals surface area contributed by atoms with Gasteiger partial charge in [-0.2, -0.15) is 0 Å². The van der Waals surface area contributed by atoms with Gasteiger partial charge in [0.05, 0.1) is 4.92 Å².